The van der Waals surface area contributed by atoms with Crippen molar-refractivity contribution >= 4 is 17.5 Å². The van der Waals surface area contributed by atoms with Crippen LogP contribution in [0, 0.1) is 25.5 Å². The van der Waals surface area contributed by atoms with Gasteiger partial charge in [0.1, 0.15) is 12.4 Å². The fourth-order valence-corrected chi connectivity index (χ4v) is 4.10. The van der Waals surface area contributed by atoms with E-state index in [-0.39, 0.29) is 22.4 Å². The Labute approximate surface area is 184 Å². The summed E-state index contributed by atoms with van der Waals surface area (Å²) < 4.78 is 76.6. The van der Waals surface area contributed by atoms with E-state index in [1.807, 2.05) is 0 Å². The molecule has 0 radical (unpaired) electrons. The summed E-state index contributed by atoms with van der Waals surface area (Å²) >= 11 is 0.530. The van der Waals surface area contributed by atoms with Crippen molar-refractivity contribution in [2.24, 2.45) is 0 Å². The highest BCUT2D eigenvalue weighted by atomic mass is 32.1. The van der Waals surface area contributed by atoms with Crippen LogP contribution < -0.4 is 4.74 Å². The normalized spacial score (nSPS) is 11.6. The van der Waals surface area contributed by atoms with Gasteiger partial charge in [0.2, 0.25) is 0 Å². The molecular weight excluding hydrogens is 453 g/mol. The maximum Gasteiger partial charge on any atom is 0.434 e. The van der Waals surface area contributed by atoms with Gasteiger partial charge < -0.3 is 9.84 Å². The topological polar surface area (TPSA) is 59.4 Å². The van der Waals surface area contributed by atoms with Crippen molar-refractivity contribution in [2.45, 2.75) is 39.5 Å². The van der Waals surface area contributed by atoms with E-state index in [4.69, 9.17) is 9.84 Å². The van der Waals surface area contributed by atoms with Gasteiger partial charge in [-0.2, -0.15) is 17.5 Å². The third kappa shape index (κ3) is 5.07. The fourth-order valence-electron chi connectivity index (χ4n) is 3.20. The van der Waals surface area contributed by atoms with Gasteiger partial charge in [-0.3, -0.25) is 4.79 Å². The number of alkyl halides is 3. The molecule has 0 saturated carbocycles. The Hall–Kier alpha value is -3.01. The smallest absolute Gasteiger partial charge is 0.434 e. The molecule has 3 rings (SSSR count). The monoisotopic (exact) mass is 471 g/mol. The molecule has 10 heteroatoms. The molecule has 1 N–H and O–H groups in total. The van der Waals surface area contributed by atoms with Gasteiger partial charge in [0.05, 0.1) is 4.88 Å². The van der Waals surface area contributed by atoms with Crippen LogP contribution in [0.25, 0.3) is 10.4 Å². The van der Waals surface area contributed by atoms with Crippen molar-refractivity contribution in [3.05, 3.63) is 69.9 Å². The van der Waals surface area contributed by atoms with E-state index in [2.05, 4.69) is 4.37 Å². The predicted octanol–water partition coefficient (Wildman–Crippen LogP) is 6.32. The quantitative estimate of drug-likeness (QED) is 0.410. The number of carboxylic acid groups (broad SMARTS) is 1. The largest absolute Gasteiger partial charge is 0.488 e. The molecule has 0 spiro atoms. The predicted molar refractivity (Wildman–Crippen MR) is 109 cm³/mol. The number of benzene rings is 2. The van der Waals surface area contributed by atoms with E-state index in [0.29, 0.717) is 29.3 Å². The lowest BCUT2D eigenvalue weighted by molar-refractivity contribution is -0.141. The molecule has 3 aromatic rings. The molecule has 0 fully saturated rings. The van der Waals surface area contributed by atoms with Crippen LogP contribution in [0.2, 0.25) is 0 Å². The molecule has 32 heavy (non-hydrogen) atoms. The second-order valence-electron chi connectivity index (χ2n) is 7.12. The average Bonchev–Trinajstić information content (AvgIpc) is 3.14. The van der Waals surface area contributed by atoms with Gasteiger partial charge in [-0.25, -0.2) is 8.78 Å². The van der Waals surface area contributed by atoms with Crippen molar-refractivity contribution in [1.29, 1.82) is 0 Å². The first kappa shape index (κ1) is 23.6. The van der Waals surface area contributed by atoms with Crippen LogP contribution in [0.3, 0.4) is 0 Å². The van der Waals surface area contributed by atoms with Crippen molar-refractivity contribution in [3.8, 4) is 16.2 Å². The average molecular weight is 471 g/mol. The number of nitrogens with zero attached hydrogens (tertiary/aromatic N) is 1. The molecule has 0 amide bonds. The zero-order valence-corrected chi connectivity index (χ0v) is 17.8. The van der Waals surface area contributed by atoms with Crippen LogP contribution in [0.5, 0.6) is 5.75 Å². The molecule has 0 saturated heterocycles. The summed E-state index contributed by atoms with van der Waals surface area (Å²) in [5.74, 6) is -2.89. The van der Waals surface area contributed by atoms with Crippen LogP contribution >= 0.6 is 11.5 Å². The molecule has 1 aromatic heterocycles. The van der Waals surface area contributed by atoms with Gasteiger partial charge >= 0.3 is 12.1 Å². The van der Waals surface area contributed by atoms with Crippen molar-refractivity contribution in [2.75, 3.05) is 0 Å². The fraction of sp³-hybridized carbons (Fsp3) is 0.273. The maximum atomic E-state index is 13.7. The molecular formula is C22H18F5NO3S. The minimum absolute atomic E-state index is 0.0312. The number of rotatable bonds is 7. The highest BCUT2D eigenvalue weighted by Gasteiger charge is 2.38. The number of aliphatic carboxylic acids is 1. The summed E-state index contributed by atoms with van der Waals surface area (Å²) in [6, 6.07) is 6.09. The number of carboxylic acids is 1. The van der Waals surface area contributed by atoms with Crippen molar-refractivity contribution in [1.82, 2.24) is 4.37 Å². The highest BCUT2D eigenvalue weighted by Crippen LogP contribution is 2.40. The Kier molecular flexibility index (Phi) is 6.82. The van der Waals surface area contributed by atoms with Gasteiger partial charge in [0.25, 0.3) is 0 Å². The van der Waals surface area contributed by atoms with Gasteiger partial charge in [-0.15, -0.1) is 0 Å². The lowest BCUT2D eigenvalue weighted by Gasteiger charge is -2.15. The number of hydrogen-bond donors (Lipinski definition) is 1. The van der Waals surface area contributed by atoms with E-state index in [1.165, 1.54) is 6.07 Å². The highest BCUT2D eigenvalue weighted by molar-refractivity contribution is 7.09. The second kappa shape index (κ2) is 9.23. The third-order valence-corrected chi connectivity index (χ3v) is 6.01. The SMILES string of the molecule is Cc1c(CCC(=O)O)ccc(OCc2c(C(F)(F)F)nsc2-c2ccc(F)c(F)c2)c1C. The van der Waals surface area contributed by atoms with Crippen LogP contribution in [0.15, 0.2) is 30.3 Å². The first-order valence-corrected chi connectivity index (χ1v) is 10.2. The maximum absolute atomic E-state index is 13.7. The van der Waals surface area contributed by atoms with E-state index in [0.717, 1.165) is 23.3 Å². The lowest BCUT2D eigenvalue weighted by atomic mass is 9.99. The summed E-state index contributed by atoms with van der Waals surface area (Å²) in [5, 5.41) is 8.86. The zero-order valence-electron chi connectivity index (χ0n) is 17.0. The molecule has 0 aliphatic heterocycles. The van der Waals surface area contributed by atoms with Crippen LogP contribution in [0.1, 0.15) is 34.4 Å². The molecule has 2 aromatic carbocycles. The standard InChI is InChI=1S/C22H18F5NO3S/c1-11-12(2)18(7-4-13(11)5-8-19(29)30)31-10-15-20(32-28-21(15)22(25,26)27)14-3-6-16(23)17(24)9-14/h3-4,6-7,9H,5,8,10H2,1-2H3,(H,29,30). The third-order valence-electron chi connectivity index (χ3n) is 5.07. The second-order valence-corrected chi connectivity index (χ2v) is 7.89. The zero-order chi connectivity index (χ0) is 23.6. The Morgan fingerprint density at radius 2 is 1.81 bits per heavy atom. The van der Waals surface area contributed by atoms with E-state index < -0.39 is 36.1 Å². The summed E-state index contributed by atoms with van der Waals surface area (Å²) in [7, 11) is 0. The number of ether oxygens (including phenoxy) is 1. The Bertz CT molecular complexity index is 1160. The van der Waals surface area contributed by atoms with Crippen LogP contribution in [-0.4, -0.2) is 15.4 Å². The first-order valence-electron chi connectivity index (χ1n) is 9.44. The number of halogens is 5. The molecule has 0 unspecified atom stereocenters. The Morgan fingerprint density at radius 3 is 2.44 bits per heavy atom. The number of aryl methyl sites for hydroxylation is 1. The van der Waals surface area contributed by atoms with Gasteiger partial charge in [0.15, 0.2) is 17.3 Å². The minimum Gasteiger partial charge on any atom is -0.488 e. The summed E-state index contributed by atoms with van der Waals surface area (Å²) in [5.41, 5.74) is 0.888. The first-order chi connectivity index (χ1) is 15.0. The van der Waals surface area contributed by atoms with Crippen LogP contribution in [0.4, 0.5) is 22.0 Å². The van der Waals surface area contributed by atoms with Gasteiger partial charge in [0, 0.05) is 12.0 Å². The molecule has 1 heterocycles. The lowest BCUT2D eigenvalue weighted by Crippen LogP contribution is -2.11. The summed E-state index contributed by atoms with van der Waals surface area (Å²) in [6.07, 6.45) is -4.49. The molecule has 170 valence electrons. The van der Waals surface area contributed by atoms with Gasteiger partial charge in [-0.1, -0.05) is 12.1 Å². The van der Waals surface area contributed by atoms with Gasteiger partial charge in [-0.05, 0) is 72.3 Å². The minimum atomic E-state index is -4.75. The Morgan fingerprint density at radius 1 is 1.09 bits per heavy atom. The molecule has 0 bridgehead atoms. The molecule has 0 aliphatic rings. The van der Waals surface area contributed by atoms with Crippen molar-refractivity contribution < 1.29 is 36.6 Å². The van der Waals surface area contributed by atoms with E-state index >= 15 is 0 Å². The Balaban J connectivity index is 1.93. The molecule has 0 atom stereocenters. The van der Waals surface area contributed by atoms with Crippen LogP contribution in [-0.2, 0) is 24.0 Å². The van der Waals surface area contributed by atoms with E-state index in [9.17, 15) is 26.7 Å². The molecule has 4 nitrogen and oxygen atoms in total. The van der Waals surface area contributed by atoms with E-state index in [1.54, 1.807) is 26.0 Å². The summed E-state index contributed by atoms with van der Waals surface area (Å²) in [4.78, 5) is 10.8. The van der Waals surface area contributed by atoms with Crippen molar-refractivity contribution in [3.63, 3.8) is 0 Å². The number of hydrogen-bond acceptors (Lipinski definition) is 4. The number of aromatic nitrogens is 1. The summed E-state index contributed by atoms with van der Waals surface area (Å²) in [6.45, 7) is 3.01. The molecule has 0 aliphatic carbocycles. The number of carbonyl (C=O) groups is 1.